The molecule has 0 bridgehead atoms. The van der Waals surface area contributed by atoms with E-state index in [0.29, 0.717) is 0 Å². The molecule has 1 nitrogen and oxygen atoms in total. The minimum Gasteiger partial charge on any atom is -0.302 e. The van der Waals surface area contributed by atoms with Crippen LogP contribution in [-0.2, 0) is 0 Å². The molecule has 0 saturated carbocycles. The van der Waals surface area contributed by atoms with E-state index in [1.54, 1.807) is 0 Å². The van der Waals surface area contributed by atoms with Crippen molar-refractivity contribution in [2.75, 3.05) is 20.1 Å². The van der Waals surface area contributed by atoms with Gasteiger partial charge in [0, 0.05) is 13.1 Å². The second kappa shape index (κ2) is 4.94. The van der Waals surface area contributed by atoms with Gasteiger partial charge in [-0.2, -0.15) is 0 Å². The molecule has 0 amide bonds. The average molecular weight is 199 g/mol. The molecule has 1 heterocycles. The van der Waals surface area contributed by atoms with E-state index in [4.69, 9.17) is 0 Å². The molecule has 0 unspecified atom stereocenters. The van der Waals surface area contributed by atoms with Crippen molar-refractivity contribution in [3.63, 3.8) is 0 Å². The van der Waals surface area contributed by atoms with Crippen molar-refractivity contribution in [1.82, 2.24) is 4.90 Å². The van der Waals surface area contributed by atoms with E-state index < -0.39 is 0 Å². The molecule has 15 heavy (non-hydrogen) atoms. The van der Waals surface area contributed by atoms with Gasteiger partial charge in [0.15, 0.2) is 0 Å². The highest BCUT2D eigenvalue weighted by Gasteiger charge is 2.04. The molecular formula is C14H17N. The molecule has 0 N–H and O–H groups in total. The van der Waals surface area contributed by atoms with Gasteiger partial charge < -0.3 is 4.90 Å². The molecule has 2 rings (SSSR count). The Labute approximate surface area is 91.7 Å². The zero-order chi connectivity index (χ0) is 10.5. The lowest BCUT2D eigenvalue weighted by Crippen LogP contribution is -2.23. The maximum atomic E-state index is 2.33. The Morgan fingerprint density at radius 2 is 1.93 bits per heavy atom. The Morgan fingerprint density at radius 3 is 2.60 bits per heavy atom. The summed E-state index contributed by atoms with van der Waals surface area (Å²) in [7, 11) is 2.16. The highest BCUT2D eigenvalue weighted by molar-refractivity contribution is 5.52. The largest absolute Gasteiger partial charge is 0.302 e. The Balaban J connectivity index is 2.00. The van der Waals surface area contributed by atoms with Crippen molar-refractivity contribution in [3.05, 3.63) is 53.6 Å². The molecule has 0 atom stereocenters. The topological polar surface area (TPSA) is 3.24 Å². The van der Waals surface area contributed by atoms with Crippen LogP contribution < -0.4 is 0 Å². The van der Waals surface area contributed by atoms with Crippen molar-refractivity contribution in [2.24, 2.45) is 0 Å². The number of likely N-dealkylation sites (N-methyl/N-ethyl adjacent to an activating group) is 1. The summed E-state index contributed by atoms with van der Waals surface area (Å²) in [6.45, 7) is 2.25. The fraction of sp³-hybridized carbons (Fsp3) is 0.286. The van der Waals surface area contributed by atoms with Crippen LogP contribution in [0.25, 0.3) is 6.08 Å². The summed E-state index contributed by atoms with van der Waals surface area (Å²) in [6.07, 6.45) is 7.91. The van der Waals surface area contributed by atoms with Gasteiger partial charge >= 0.3 is 0 Å². The molecule has 0 aromatic heterocycles. The smallest absolute Gasteiger partial charge is 0.0165 e. The van der Waals surface area contributed by atoms with Gasteiger partial charge in [-0.15, -0.1) is 0 Å². The maximum absolute atomic E-state index is 2.33. The Bertz CT molecular complexity index is 362. The first-order valence-electron chi connectivity index (χ1n) is 5.45. The summed E-state index contributed by atoms with van der Waals surface area (Å²) >= 11 is 0. The minimum atomic E-state index is 1.08. The van der Waals surface area contributed by atoms with Gasteiger partial charge in [-0.1, -0.05) is 48.6 Å². The summed E-state index contributed by atoms with van der Waals surface area (Å²) in [6, 6.07) is 10.5. The van der Waals surface area contributed by atoms with E-state index in [1.807, 2.05) is 6.07 Å². The van der Waals surface area contributed by atoms with Crippen LogP contribution in [-0.4, -0.2) is 25.0 Å². The van der Waals surface area contributed by atoms with E-state index in [1.165, 1.54) is 24.1 Å². The minimum absolute atomic E-state index is 1.08. The molecule has 0 fully saturated rings. The zero-order valence-electron chi connectivity index (χ0n) is 9.19. The molecule has 0 spiro atoms. The third-order valence-electron chi connectivity index (χ3n) is 2.74. The zero-order valence-corrected chi connectivity index (χ0v) is 9.19. The normalized spacial score (nSPS) is 18.1. The second-order valence-corrected chi connectivity index (χ2v) is 4.04. The number of hydrogen-bond donors (Lipinski definition) is 0. The van der Waals surface area contributed by atoms with Crippen molar-refractivity contribution in [1.29, 1.82) is 0 Å². The van der Waals surface area contributed by atoms with Gasteiger partial charge in [-0.25, -0.2) is 0 Å². The Kier molecular flexibility index (Phi) is 3.36. The standard InChI is InChI=1S/C14H17N/c1-15-11-9-14(10-12-15)8-7-13-5-3-2-4-6-13/h2-9H,10-12H2,1H3/b8-7+. The number of benzene rings is 1. The summed E-state index contributed by atoms with van der Waals surface area (Å²) in [5.74, 6) is 0. The molecule has 78 valence electrons. The lowest BCUT2D eigenvalue weighted by atomic mass is 10.1. The van der Waals surface area contributed by atoms with Crippen LogP contribution in [0.4, 0.5) is 0 Å². The lowest BCUT2D eigenvalue weighted by Gasteiger charge is -2.20. The Hall–Kier alpha value is -1.34. The molecule has 0 saturated heterocycles. The molecule has 1 aromatic carbocycles. The summed E-state index contributed by atoms with van der Waals surface area (Å²) in [4.78, 5) is 2.33. The lowest BCUT2D eigenvalue weighted by molar-refractivity contribution is 0.361. The van der Waals surface area contributed by atoms with Gasteiger partial charge in [0.1, 0.15) is 0 Å². The molecule has 1 aromatic rings. The number of allylic oxidation sites excluding steroid dienone is 1. The van der Waals surface area contributed by atoms with Gasteiger partial charge in [-0.3, -0.25) is 0 Å². The number of hydrogen-bond acceptors (Lipinski definition) is 1. The second-order valence-electron chi connectivity index (χ2n) is 4.04. The van der Waals surface area contributed by atoms with Crippen LogP contribution in [0, 0.1) is 0 Å². The van der Waals surface area contributed by atoms with E-state index in [9.17, 15) is 0 Å². The predicted molar refractivity (Wildman–Crippen MR) is 65.7 cm³/mol. The quantitative estimate of drug-likeness (QED) is 0.708. The third kappa shape index (κ3) is 3.07. The fourth-order valence-corrected chi connectivity index (χ4v) is 1.71. The Morgan fingerprint density at radius 1 is 1.13 bits per heavy atom. The molecule has 0 radical (unpaired) electrons. The van der Waals surface area contributed by atoms with E-state index in [2.05, 4.69) is 54.4 Å². The van der Waals surface area contributed by atoms with Crippen molar-refractivity contribution in [3.8, 4) is 0 Å². The monoisotopic (exact) mass is 199 g/mol. The summed E-state index contributed by atoms with van der Waals surface area (Å²) < 4.78 is 0. The molecule has 1 heteroatoms. The van der Waals surface area contributed by atoms with E-state index >= 15 is 0 Å². The highest BCUT2D eigenvalue weighted by atomic mass is 15.1. The predicted octanol–water partition coefficient (Wildman–Crippen LogP) is 2.96. The van der Waals surface area contributed by atoms with Crippen LogP contribution >= 0.6 is 0 Å². The van der Waals surface area contributed by atoms with Crippen molar-refractivity contribution < 1.29 is 0 Å². The third-order valence-corrected chi connectivity index (χ3v) is 2.74. The number of rotatable bonds is 2. The molecule has 0 aliphatic carbocycles. The van der Waals surface area contributed by atoms with Crippen molar-refractivity contribution in [2.45, 2.75) is 6.42 Å². The molecule has 1 aliphatic rings. The van der Waals surface area contributed by atoms with Crippen LogP contribution in [0.2, 0.25) is 0 Å². The van der Waals surface area contributed by atoms with Gasteiger partial charge in [-0.05, 0) is 24.6 Å². The van der Waals surface area contributed by atoms with E-state index in [-0.39, 0.29) is 0 Å². The van der Waals surface area contributed by atoms with Crippen LogP contribution in [0.1, 0.15) is 12.0 Å². The SMILES string of the molecule is CN1CC=C(/C=C/c2ccccc2)CC1. The first-order valence-corrected chi connectivity index (χ1v) is 5.45. The first-order chi connectivity index (χ1) is 7.34. The van der Waals surface area contributed by atoms with Crippen LogP contribution in [0.15, 0.2) is 48.1 Å². The highest BCUT2D eigenvalue weighted by Crippen LogP contribution is 2.12. The maximum Gasteiger partial charge on any atom is 0.0165 e. The molecule has 1 aliphatic heterocycles. The van der Waals surface area contributed by atoms with Gasteiger partial charge in [0.05, 0.1) is 0 Å². The van der Waals surface area contributed by atoms with Crippen LogP contribution in [0.3, 0.4) is 0 Å². The van der Waals surface area contributed by atoms with Crippen LogP contribution in [0.5, 0.6) is 0 Å². The first kappa shape index (κ1) is 10.2. The molecular weight excluding hydrogens is 182 g/mol. The summed E-state index contributed by atoms with van der Waals surface area (Å²) in [5, 5.41) is 0. The fourth-order valence-electron chi connectivity index (χ4n) is 1.71. The van der Waals surface area contributed by atoms with Crippen molar-refractivity contribution >= 4 is 6.08 Å². The number of nitrogens with zero attached hydrogens (tertiary/aromatic N) is 1. The summed E-state index contributed by atoms with van der Waals surface area (Å²) in [5.41, 5.74) is 2.73. The van der Waals surface area contributed by atoms with Gasteiger partial charge in [0.2, 0.25) is 0 Å². The average Bonchev–Trinajstić information content (AvgIpc) is 2.30. The van der Waals surface area contributed by atoms with Gasteiger partial charge in [0.25, 0.3) is 0 Å². The van der Waals surface area contributed by atoms with E-state index in [0.717, 1.165) is 6.54 Å².